The van der Waals surface area contributed by atoms with E-state index in [1.807, 2.05) is 19.9 Å². The highest BCUT2D eigenvalue weighted by molar-refractivity contribution is 7.89. The number of nitrogens with one attached hydrogen (secondary N) is 4. The number of H-pyrrole nitrogens is 1. The van der Waals surface area contributed by atoms with Gasteiger partial charge in [-0.05, 0) is 33.1 Å². The summed E-state index contributed by atoms with van der Waals surface area (Å²) in [7, 11) is -3.46. The molecular formula is C18H24N6O4S. The number of anilines is 2. The molecule has 2 atom stereocenters. The Morgan fingerprint density at radius 2 is 2.10 bits per heavy atom. The lowest BCUT2D eigenvalue weighted by Crippen LogP contribution is -2.33. The normalized spacial score (nSPS) is 22.4. The second-order valence-electron chi connectivity index (χ2n) is 7.67. The highest BCUT2D eigenvalue weighted by atomic mass is 32.2. The van der Waals surface area contributed by atoms with Gasteiger partial charge < -0.3 is 15.4 Å². The summed E-state index contributed by atoms with van der Waals surface area (Å²) in [5.41, 5.74) is 1.59. The maximum absolute atomic E-state index is 12.0. The fourth-order valence-corrected chi connectivity index (χ4v) is 4.90. The van der Waals surface area contributed by atoms with Crippen LogP contribution >= 0.6 is 0 Å². The summed E-state index contributed by atoms with van der Waals surface area (Å²) in [5, 5.41) is 13.0. The minimum absolute atomic E-state index is 0.0412. The molecule has 10 nitrogen and oxygen atoms in total. The lowest BCUT2D eigenvalue weighted by atomic mass is 10.0. The fraction of sp³-hybridized carbons (Fsp3) is 0.500. The van der Waals surface area contributed by atoms with Crippen molar-refractivity contribution in [3.05, 3.63) is 29.6 Å². The van der Waals surface area contributed by atoms with Crippen LogP contribution in [0.25, 0.3) is 0 Å². The molecule has 2 aromatic heterocycles. The molecule has 2 aliphatic rings. The Bertz CT molecular complexity index is 1020. The van der Waals surface area contributed by atoms with Gasteiger partial charge in [0.15, 0.2) is 5.82 Å². The molecule has 1 saturated carbocycles. The summed E-state index contributed by atoms with van der Waals surface area (Å²) >= 11 is 0. The van der Waals surface area contributed by atoms with E-state index in [2.05, 4.69) is 30.5 Å². The van der Waals surface area contributed by atoms with Gasteiger partial charge in [-0.15, -0.1) is 0 Å². The zero-order chi connectivity index (χ0) is 20.6. The van der Waals surface area contributed by atoms with E-state index in [4.69, 9.17) is 4.74 Å². The van der Waals surface area contributed by atoms with E-state index in [9.17, 15) is 13.2 Å². The number of ether oxygens (including phenoxy) is 1. The molecule has 3 heterocycles. The zero-order valence-electron chi connectivity index (χ0n) is 16.2. The second kappa shape index (κ2) is 7.64. The second-order valence-corrected chi connectivity index (χ2v) is 9.41. The van der Waals surface area contributed by atoms with Crippen LogP contribution in [0.4, 0.5) is 16.4 Å². The number of rotatable bonds is 5. The van der Waals surface area contributed by atoms with Gasteiger partial charge in [0.05, 0.1) is 4.90 Å². The first kappa shape index (κ1) is 19.6. The molecular weight excluding hydrogens is 396 g/mol. The van der Waals surface area contributed by atoms with E-state index in [0.29, 0.717) is 17.2 Å². The predicted molar refractivity (Wildman–Crippen MR) is 105 cm³/mol. The summed E-state index contributed by atoms with van der Waals surface area (Å²) in [5.74, 6) is 1.18. The van der Waals surface area contributed by atoms with Crippen molar-refractivity contribution >= 4 is 27.8 Å². The summed E-state index contributed by atoms with van der Waals surface area (Å²) in [6.07, 6.45) is 3.47. The first-order chi connectivity index (χ1) is 13.8. The summed E-state index contributed by atoms with van der Waals surface area (Å²) < 4.78 is 31.9. The van der Waals surface area contributed by atoms with Crippen molar-refractivity contribution in [2.75, 3.05) is 5.32 Å². The Balaban J connectivity index is 1.38. The van der Waals surface area contributed by atoms with E-state index < -0.39 is 10.0 Å². The van der Waals surface area contributed by atoms with E-state index in [-0.39, 0.29) is 35.6 Å². The number of aromatic nitrogens is 3. The van der Waals surface area contributed by atoms with Gasteiger partial charge in [0, 0.05) is 48.1 Å². The highest BCUT2D eigenvalue weighted by Gasteiger charge is 2.30. The van der Waals surface area contributed by atoms with Crippen molar-refractivity contribution < 1.29 is 17.9 Å². The van der Waals surface area contributed by atoms with Crippen LogP contribution in [0, 0.1) is 0 Å². The van der Waals surface area contributed by atoms with Gasteiger partial charge in [-0.2, -0.15) is 5.10 Å². The van der Waals surface area contributed by atoms with Crippen molar-refractivity contribution in [1.82, 2.24) is 25.2 Å². The van der Waals surface area contributed by atoms with Gasteiger partial charge in [0.25, 0.3) is 0 Å². The lowest BCUT2D eigenvalue weighted by molar-refractivity contribution is 0.0981. The van der Waals surface area contributed by atoms with Crippen LogP contribution in [0.3, 0.4) is 0 Å². The standard InChI is InChI=1S/C18H24N6O4S/c1-10(2)21-18(25)28-13-4-3-11(5-13)14-6-17(24-23-14)22-16-7-15-12(8-19-16)9-20-29(15,26)27/h6-8,10-11,13,20H,3-5,9H2,1-2H3,(H,21,25)(H2,19,22,23,24)/t11-,13+/m0/s1. The molecule has 1 aliphatic carbocycles. The number of pyridine rings is 1. The van der Waals surface area contributed by atoms with E-state index in [1.54, 1.807) is 6.20 Å². The number of hydrogen-bond donors (Lipinski definition) is 4. The third kappa shape index (κ3) is 4.35. The molecule has 11 heteroatoms. The number of aromatic amines is 1. The predicted octanol–water partition coefficient (Wildman–Crippen LogP) is 2.11. The minimum Gasteiger partial charge on any atom is -0.446 e. The van der Waals surface area contributed by atoms with Crippen molar-refractivity contribution in [2.45, 2.75) is 62.6 Å². The van der Waals surface area contributed by atoms with Crippen LogP contribution in [0.15, 0.2) is 23.2 Å². The minimum atomic E-state index is -3.46. The molecule has 4 N–H and O–H groups in total. The van der Waals surface area contributed by atoms with Gasteiger partial charge in [-0.25, -0.2) is 22.9 Å². The molecule has 0 radical (unpaired) electrons. The van der Waals surface area contributed by atoms with Crippen LogP contribution < -0.4 is 15.4 Å². The highest BCUT2D eigenvalue weighted by Crippen LogP contribution is 2.36. The van der Waals surface area contributed by atoms with Crippen molar-refractivity contribution in [1.29, 1.82) is 0 Å². The third-order valence-corrected chi connectivity index (χ3v) is 6.53. The largest absolute Gasteiger partial charge is 0.446 e. The van der Waals surface area contributed by atoms with Crippen molar-refractivity contribution in [3.63, 3.8) is 0 Å². The summed E-state index contributed by atoms with van der Waals surface area (Å²) in [6.45, 7) is 4.04. The molecule has 29 heavy (non-hydrogen) atoms. The Labute approximate surface area is 168 Å². The van der Waals surface area contributed by atoms with Gasteiger partial charge in [0.2, 0.25) is 10.0 Å². The van der Waals surface area contributed by atoms with E-state index >= 15 is 0 Å². The smallest absolute Gasteiger partial charge is 0.407 e. The Morgan fingerprint density at radius 3 is 2.90 bits per heavy atom. The molecule has 0 aromatic carbocycles. The van der Waals surface area contributed by atoms with E-state index in [1.165, 1.54) is 6.07 Å². The van der Waals surface area contributed by atoms with Crippen LogP contribution in [0.1, 0.15) is 50.3 Å². The number of carbonyl (C=O) groups is 1. The van der Waals surface area contributed by atoms with Gasteiger partial charge in [0.1, 0.15) is 11.9 Å². The molecule has 4 rings (SSSR count). The molecule has 0 unspecified atom stereocenters. The van der Waals surface area contributed by atoms with E-state index in [0.717, 1.165) is 25.0 Å². The van der Waals surface area contributed by atoms with Crippen molar-refractivity contribution in [2.24, 2.45) is 0 Å². The van der Waals surface area contributed by atoms with Gasteiger partial charge >= 0.3 is 6.09 Å². The zero-order valence-corrected chi connectivity index (χ0v) is 17.0. The molecule has 1 amide bonds. The quantitative estimate of drug-likeness (QED) is 0.581. The van der Waals surface area contributed by atoms with Crippen LogP contribution in [0.2, 0.25) is 0 Å². The molecule has 1 aliphatic heterocycles. The molecule has 156 valence electrons. The number of amides is 1. The maximum Gasteiger partial charge on any atom is 0.407 e. The molecule has 1 fully saturated rings. The monoisotopic (exact) mass is 420 g/mol. The Kier molecular flexibility index (Phi) is 5.17. The number of sulfonamides is 1. The summed E-state index contributed by atoms with van der Waals surface area (Å²) in [4.78, 5) is 16.3. The lowest BCUT2D eigenvalue weighted by Gasteiger charge is -2.14. The van der Waals surface area contributed by atoms with Crippen LogP contribution in [-0.4, -0.2) is 41.8 Å². The first-order valence-corrected chi connectivity index (χ1v) is 11.1. The number of hydrogen-bond acceptors (Lipinski definition) is 7. The maximum atomic E-state index is 12.0. The number of nitrogens with zero attached hydrogens (tertiary/aromatic N) is 2. The van der Waals surface area contributed by atoms with Gasteiger partial charge in [-0.1, -0.05) is 0 Å². The van der Waals surface area contributed by atoms with Crippen LogP contribution in [-0.2, 0) is 21.3 Å². The molecule has 2 aromatic rings. The average Bonchev–Trinajstić information content (AvgIpc) is 3.35. The molecule has 0 spiro atoms. The number of fused-ring (bicyclic) bond motifs is 1. The third-order valence-electron chi connectivity index (χ3n) is 5.04. The molecule has 0 saturated heterocycles. The SMILES string of the molecule is CC(C)NC(=O)O[C@@H]1CC[C@H](c2cc(Nc3cc4c(cn3)CNS4(=O)=O)n[nH]2)C1. The first-order valence-electron chi connectivity index (χ1n) is 9.58. The summed E-state index contributed by atoms with van der Waals surface area (Å²) in [6, 6.07) is 3.42. The number of alkyl carbamates (subject to hydrolysis) is 1. The Hall–Kier alpha value is -2.66. The fourth-order valence-electron chi connectivity index (χ4n) is 3.66. The number of carbonyl (C=O) groups excluding carboxylic acids is 1. The van der Waals surface area contributed by atoms with Crippen molar-refractivity contribution in [3.8, 4) is 0 Å². The molecule has 0 bridgehead atoms. The van der Waals surface area contributed by atoms with Crippen LogP contribution in [0.5, 0.6) is 0 Å². The Morgan fingerprint density at radius 1 is 1.28 bits per heavy atom. The average molecular weight is 420 g/mol. The van der Waals surface area contributed by atoms with Gasteiger partial charge in [-0.3, -0.25) is 5.10 Å². The topological polar surface area (TPSA) is 138 Å².